The van der Waals surface area contributed by atoms with E-state index in [9.17, 15) is 35.2 Å². The molecule has 38 heavy (non-hydrogen) atoms. The standard InChI is InChI=1S/C24H29ClF5N3O4S/c1-13(24(28,29)30)10-15-6-9-17(18(11-15)37-23(26)27)21-19(25)20(32-33(21)2)22(34)31-12-14-4-7-16(8-5-14)38(3,35)36/h6,9,11,13-14,16,23H,4-5,7-8,10,12H2,1-3H3,(H,31,34)/t13-,14-,16-/m1/s1. The fourth-order valence-corrected chi connectivity index (χ4v) is 6.05. The van der Waals surface area contributed by atoms with E-state index in [0.29, 0.717) is 25.7 Å². The Balaban J connectivity index is 1.79. The van der Waals surface area contributed by atoms with Crippen molar-refractivity contribution < 1.29 is 39.9 Å². The summed E-state index contributed by atoms with van der Waals surface area (Å²) in [6.45, 7) is -1.98. The van der Waals surface area contributed by atoms with Gasteiger partial charge in [-0.25, -0.2) is 8.42 Å². The average Bonchev–Trinajstić information content (AvgIpc) is 3.10. The van der Waals surface area contributed by atoms with E-state index in [4.69, 9.17) is 11.6 Å². The van der Waals surface area contributed by atoms with E-state index in [0.717, 1.165) is 13.0 Å². The predicted molar refractivity (Wildman–Crippen MR) is 132 cm³/mol. The third-order valence-corrected chi connectivity index (χ3v) is 8.81. The average molecular weight is 586 g/mol. The van der Waals surface area contributed by atoms with E-state index in [1.165, 1.54) is 30.1 Å². The molecule has 0 bridgehead atoms. The molecule has 3 rings (SSSR count). The Kier molecular flexibility index (Phi) is 9.33. The van der Waals surface area contributed by atoms with Crippen molar-refractivity contribution >= 4 is 27.3 Å². The normalized spacial score (nSPS) is 19.4. The largest absolute Gasteiger partial charge is 0.434 e. The first-order valence-corrected chi connectivity index (χ1v) is 14.3. The van der Waals surface area contributed by atoms with Gasteiger partial charge in [0.2, 0.25) is 0 Å². The van der Waals surface area contributed by atoms with Gasteiger partial charge in [-0.1, -0.05) is 24.6 Å². The number of halogens is 6. The molecule has 1 atom stereocenters. The summed E-state index contributed by atoms with van der Waals surface area (Å²) in [5, 5.41) is 6.34. The number of nitrogens with zero attached hydrogens (tertiary/aromatic N) is 2. The van der Waals surface area contributed by atoms with Crippen molar-refractivity contribution in [1.29, 1.82) is 0 Å². The summed E-state index contributed by atoms with van der Waals surface area (Å²) in [7, 11) is -1.67. The van der Waals surface area contributed by atoms with Crippen molar-refractivity contribution in [3.05, 3.63) is 34.5 Å². The van der Waals surface area contributed by atoms with Crippen molar-refractivity contribution in [2.75, 3.05) is 12.8 Å². The van der Waals surface area contributed by atoms with Crippen LogP contribution in [0.3, 0.4) is 0 Å². The van der Waals surface area contributed by atoms with Gasteiger partial charge < -0.3 is 10.1 Å². The second kappa shape index (κ2) is 11.8. The lowest BCUT2D eigenvalue weighted by atomic mass is 9.89. The number of amides is 1. The molecule has 1 amide bonds. The van der Waals surface area contributed by atoms with Crippen LogP contribution in [0.25, 0.3) is 11.3 Å². The molecule has 14 heteroatoms. The van der Waals surface area contributed by atoms with E-state index in [-0.39, 0.29) is 45.2 Å². The fraction of sp³-hybridized carbons (Fsp3) is 0.583. The summed E-state index contributed by atoms with van der Waals surface area (Å²) >= 11 is 6.44. The molecule has 1 aromatic heterocycles. The van der Waals surface area contributed by atoms with Gasteiger partial charge in [0.25, 0.3) is 5.91 Å². The summed E-state index contributed by atoms with van der Waals surface area (Å²) in [6, 6.07) is 3.76. The summed E-state index contributed by atoms with van der Waals surface area (Å²) in [5.41, 5.74) is 0.0891. The summed E-state index contributed by atoms with van der Waals surface area (Å²) < 4.78 is 94.5. The number of aromatic nitrogens is 2. The zero-order chi connectivity index (χ0) is 28.4. The van der Waals surface area contributed by atoms with Crippen molar-refractivity contribution in [2.45, 2.75) is 57.1 Å². The lowest BCUT2D eigenvalue weighted by molar-refractivity contribution is -0.169. The zero-order valence-corrected chi connectivity index (χ0v) is 22.6. The minimum Gasteiger partial charge on any atom is -0.434 e. The highest BCUT2D eigenvalue weighted by molar-refractivity contribution is 7.91. The Morgan fingerprint density at radius 1 is 1.24 bits per heavy atom. The fourth-order valence-electron chi connectivity index (χ4n) is 4.57. The van der Waals surface area contributed by atoms with Crippen LogP contribution in [0.15, 0.2) is 18.2 Å². The molecule has 0 aliphatic heterocycles. The van der Waals surface area contributed by atoms with Crippen LogP contribution in [-0.2, 0) is 23.3 Å². The third-order valence-electron chi connectivity index (χ3n) is 6.77. The maximum Gasteiger partial charge on any atom is 0.391 e. The number of aryl methyl sites for hydroxylation is 1. The highest BCUT2D eigenvalue weighted by Gasteiger charge is 2.36. The second-order valence-electron chi connectivity index (χ2n) is 9.67. The minimum atomic E-state index is -4.46. The first-order chi connectivity index (χ1) is 17.6. The number of nitrogens with one attached hydrogen (secondary N) is 1. The Hall–Kier alpha value is -2.41. The van der Waals surface area contributed by atoms with E-state index < -0.39 is 46.6 Å². The third kappa shape index (κ3) is 7.37. The van der Waals surface area contributed by atoms with Crippen LogP contribution in [-0.4, -0.2) is 54.9 Å². The second-order valence-corrected chi connectivity index (χ2v) is 12.4. The van der Waals surface area contributed by atoms with Crippen LogP contribution in [0.4, 0.5) is 22.0 Å². The Morgan fingerprint density at radius 2 is 1.87 bits per heavy atom. The lowest BCUT2D eigenvalue weighted by Gasteiger charge is -2.27. The molecule has 0 unspecified atom stereocenters. The van der Waals surface area contributed by atoms with Gasteiger partial charge in [0.1, 0.15) is 15.6 Å². The van der Waals surface area contributed by atoms with Crippen LogP contribution in [0.1, 0.15) is 48.7 Å². The van der Waals surface area contributed by atoms with E-state index in [2.05, 4.69) is 15.2 Å². The monoisotopic (exact) mass is 585 g/mol. The maximum atomic E-state index is 13.1. The molecule has 1 aliphatic rings. The molecule has 1 fully saturated rings. The van der Waals surface area contributed by atoms with Gasteiger partial charge in [0, 0.05) is 25.4 Å². The zero-order valence-electron chi connectivity index (χ0n) is 21.0. The Bertz CT molecular complexity index is 1260. The smallest absolute Gasteiger partial charge is 0.391 e. The van der Waals surface area contributed by atoms with Crippen molar-refractivity contribution in [3.63, 3.8) is 0 Å². The number of rotatable bonds is 9. The molecule has 1 aromatic carbocycles. The molecule has 1 heterocycles. The molecule has 7 nitrogen and oxygen atoms in total. The number of hydrogen-bond acceptors (Lipinski definition) is 5. The minimum absolute atomic E-state index is 0.0341. The number of sulfone groups is 1. The molecule has 1 N–H and O–H groups in total. The molecular formula is C24H29ClF5N3O4S. The van der Waals surface area contributed by atoms with Crippen LogP contribution < -0.4 is 10.1 Å². The number of benzene rings is 1. The molecule has 1 aliphatic carbocycles. The van der Waals surface area contributed by atoms with Gasteiger partial charge in [0.15, 0.2) is 5.69 Å². The SMILES string of the molecule is C[C@H](Cc1ccc(-c2c(Cl)c(C(=O)NC[C@H]3CC[C@H](S(C)(=O)=O)CC3)nn2C)c(OC(F)F)c1)C(F)(F)F. The van der Waals surface area contributed by atoms with E-state index in [1.807, 2.05) is 0 Å². The van der Waals surface area contributed by atoms with Crippen LogP contribution in [0.5, 0.6) is 5.75 Å². The predicted octanol–water partition coefficient (Wildman–Crippen LogP) is 5.42. The van der Waals surface area contributed by atoms with Crippen LogP contribution in [0, 0.1) is 11.8 Å². The van der Waals surface area contributed by atoms with Gasteiger partial charge >= 0.3 is 12.8 Å². The summed E-state index contributed by atoms with van der Waals surface area (Å²) in [6.07, 6.45) is -1.39. The number of ether oxygens (including phenoxy) is 1. The number of alkyl halides is 5. The number of hydrogen-bond donors (Lipinski definition) is 1. The first-order valence-electron chi connectivity index (χ1n) is 11.9. The highest BCUT2D eigenvalue weighted by atomic mass is 35.5. The van der Waals surface area contributed by atoms with Gasteiger partial charge in [-0.2, -0.15) is 27.1 Å². The number of carbonyl (C=O) groups is 1. The summed E-state index contributed by atoms with van der Waals surface area (Å²) in [5.74, 6) is -2.62. The molecule has 0 saturated heterocycles. The maximum absolute atomic E-state index is 13.1. The number of carbonyl (C=O) groups excluding carboxylic acids is 1. The Morgan fingerprint density at radius 3 is 2.42 bits per heavy atom. The van der Waals surface area contributed by atoms with Crippen molar-refractivity contribution in [3.8, 4) is 17.0 Å². The summed E-state index contributed by atoms with van der Waals surface area (Å²) in [4.78, 5) is 12.8. The van der Waals surface area contributed by atoms with Gasteiger partial charge in [0.05, 0.1) is 21.9 Å². The van der Waals surface area contributed by atoms with Crippen molar-refractivity contribution in [2.24, 2.45) is 18.9 Å². The molecule has 2 aromatic rings. The van der Waals surface area contributed by atoms with Crippen LogP contribution >= 0.6 is 11.6 Å². The highest BCUT2D eigenvalue weighted by Crippen LogP contribution is 2.39. The first kappa shape index (κ1) is 30.1. The van der Waals surface area contributed by atoms with Gasteiger partial charge in [-0.05, 0) is 55.7 Å². The van der Waals surface area contributed by atoms with Gasteiger partial charge in [-0.3, -0.25) is 9.48 Å². The topological polar surface area (TPSA) is 90.3 Å². The molecule has 1 saturated carbocycles. The molecule has 0 radical (unpaired) electrons. The van der Waals surface area contributed by atoms with E-state index >= 15 is 0 Å². The molecule has 0 spiro atoms. The van der Waals surface area contributed by atoms with Crippen LogP contribution in [0.2, 0.25) is 5.02 Å². The quantitative estimate of drug-likeness (QED) is 0.397. The lowest BCUT2D eigenvalue weighted by Crippen LogP contribution is -2.34. The molecule has 212 valence electrons. The Labute approximate surface area is 222 Å². The molecular weight excluding hydrogens is 557 g/mol. The van der Waals surface area contributed by atoms with Gasteiger partial charge in [-0.15, -0.1) is 0 Å². The van der Waals surface area contributed by atoms with Crippen molar-refractivity contribution in [1.82, 2.24) is 15.1 Å². The van der Waals surface area contributed by atoms with E-state index in [1.54, 1.807) is 0 Å².